The van der Waals surface area contributed by atoms with E-state index in [4.69, 9.17) is 10.5 Å². The molecule has 4 atom stereocenters. The van der Waals surface area contributed by atoms with Gasteiger partial charge < -0.3 is 30.9 Å². The number of carbonyl (C=O) groups excluding carboxylic acids is 1. The van der Waals surface area contributed by atoms with Gasteiger partial charge in [-0.25, -0.2) is 0 Å². The van der Waals surface area contributed by atoms with Gasteiger partial charge in [0.2, 0.25) is 6.73 Å². The zero-order valence-corrected chi connectivity index (χ0v) is 25.4. The lowest BCUT2D eigenvalue weighted by Gasteiger charge is -2.27. The number of aliphatic hydroxyl groups is 3. The largest absolute Gasteiger partial charge is 0.504 e. The minimum atomic E-state index is -0.842. The molecule has 3 aliphatic rings. The molecule has 44 heavy (non-hydrogen) atoms. The summed E-state index contributed by atoms with van der Waals surface area (Å²) in [6.07, 6.45) is 6.30. The number of ether oxygens (including phenoxy) is 1. The molecule has 10 heteroatoms. The first-order chi connectivity index (χ1) is 21.2. The SMILES string of the molecule is CCC[C@H](O)C[C@@H](O)CC(=O)CCc1ccc(O)c(OC[NH+]2C=C3C(Cc4c(CO)ccc5c4CCN[C@H]5N)=CN=C3C2)c1. The Hall–Kier alpha value is -3.38. The molecule has 0 fully saturated rings. The smallest absolute Gasteiger partial charge is 0.227 e. The number of aliphatic imine (C=N–C) groups is 1. The van der Waals surface area contributed by atoms with Crippen molar-refractivity contribution in [1.29, 1.82) is 0 Å². The molecule has 3 heterocycles. The van der Waals surface area contributed by atoms with Crippen LogP contribution in [0.1, 0.15) is 73.0 Å². The summed E-state index contributed by atoms with van der Waals surface area (Å²) in [5, 5.41) is 43.8. The van der Waals surface area contributed by atoms with Crippen LogP contribution in [0.25, 0.3) is 0 Å². The fourth-order valence-electron chi connectivity index (χ4n) is 6.37. The summed E-state index contributed by atoms with van der Waals surface area (Å²) < 4.78 is 6.03. The number of ketones is 1. The molecule has 0 saturated carbocycles. The number of benzene rings is 2. The molecule has 0 saturated heterocycles. The van der Waals surface area contributed by atoms with Crippen LogP contribution in [0, 0.1) is 0 Å². The summed E-state index contributed by atoms with van der Waals surface area (Å²) in [4.78, 5) is 18.1. The number of nitrogens with zero attached hydrogens (tertiary/aromatic N) is 1. The summed E-state index contributed by atoms with van der Waals surface area (Å²) in [5.74, 6) is 0.317. The summed E-state index contributed by atoms with van der Waals surface area (Å²) in [6, 6.07) is 9.07. The van der Waals surface area contributed by atoms with Gasteiger partial charge in [0.05, 0.1) is 30.6 Å². The van der Waals surface area contributed by atoms with Crippen molar-refractivity contribution in [3.63, 3.8) is 0 Å². The fraction of sp³-hybridized carbons (Fsp3) is 0.471. The molecule has 2 aromatic rings. The average molecular weight is 606 g/mol. The Morgan fingerprint density at radius 3 is 2.86 bits per heavy atom. The van der Waals surface area contributed by atoms with Gasteiger partial charge in [-0.05, 0) is 71.2 Å². The predicted molar refractivity (Wildman–Crippen MR) is 167 cm³/mol. The first-order valence-electron chi connectivity index (χ1n) is 15.6. The van der Waals surface area contributed by atoms with E-state index in [1.165, 1.54) is 5.56 Å². The van der Waals surface area contributed by atoms with E-state index in [0.29, 0.717) is 38.3 Å². The summed E-state index contributed by atoms with van der Waals surface area (Å²) in [6.45, 7) is 3.69. The average Bonchev–Trinajstić information content (AvgIpc) is 3.57. The molecule has 2 aromatic carbocycles. The van der Waals surface area contributed by atoms with Crippen LogP contribution in [0.15, 0.2) is 58.9 Å². The Kier molecular flexibility index (Phi) is 10.6. The molecule has 0 aliphatic carbocycles. The second kappa shape index (κ2) is 14.6. The van der Waals surface area contributed by atoms with Crippen LogP contribution in [0.3, 0.4) is 0 Å². The zero-order valence-electron chi connectivity index (χ0n) is 25.4. The predicted octanol–water partition coefficient (Wildman–Crippen LogP) is 1.49. The molecule has 1 unspecified atom stereocenters. The minimum absolute atomic E-state index is 0.0222. The maximum atomic E-state index is 12.4. The van der Waals surface area contributed by atoms with Gasteiger partial charge in [-0.1, -0.05) is 31.5 Å². The van der Waals surface area contributed by atoms with Gasteiger partial charge in [0.1, 0.15) is 24.2 Å². The highest BCUT2D eigenvalue weighted by atomic mass is 16.5. The maximum absolute atomic E-state index is 12.4. The minimum Gasteiger partial charge on any atom is -0.504 e. The molecule has 0 spiro atoms. The van der Waals surface area contributed by atoms with Crippen molar-refractivity contribution in [3.8, 4) is 11.5 Å². The summed E-state index contributed by atoms with van der Waals surface area (Å²) in [7, 11) is 0. The number of allylic oxidation sites excluding steroid dienone is 1. The van der Waals surface area contributed by atoms with E-state index in [1.807, 2.05) is 25.3 Å². The number of hydrogen-bond acceptors (Lipinski definition) is 9. The highest BCUT2D eigenvalue weighted by molar-refractivity contribution is 6.08. The number of quaternary nitrogens is 1. The van der Waals surface area contributed by atoms with Gasteiger partial charge in [-0.15, -0.1) is 0 Å². The quantitative estimate of drug-likeness (QED) is 0.161. The Balaban J connectivity index is 1.17. The number of carbonyl (C=O) groups is 1. The normalized spacial score (nSPS) is 20.3. The van der Waals surface area contributed by atoms with Crippen LogP contribution in [-0.4, -0.2) is 63.9 Å². The van der Waals surface area contributed by atoms with E-state index in [9.17, 15) is 25.2 Å². The van der Waals surface area contributed by atoms with Crippen LogP contribution in [0.5, 0.6) is 11.5 Å². The van der Waals surface area contributed by atoms with Gasteiger partial charge in [-0.2, -0.15) is 0 Å². The second-order valence-electron chi connectivity index (χ2n) is 12.1. The van der Waals surface area contributed by atoms with Crippen molar-refractivity contribution in [3.05, 3.63) is 81.7 Å². The van der Waals surface area contributed by atoms with Gasteiger partial charge in [-0.3, -0.25) is 20.0 Å². The van der Waals surface area contributed by atoms with E-state index in [-0.39, 0.29) is 43.6 Å². The van der Waals surface area contributed by atoms with Crippen molar-refractivity contribution in [1.82, 2.24) is 5.32 Å². The van der Waals surface area contributed by atoms with Crippen LogP contribution >= 0.6 is 0 Å². The zero-order chi connectivity index (χ0) is 31.2. The molecule has 5 rings (SSSR count). The number of hydrogen-bond donors (Lipinski definition) is 7. The van der Waals surface area contributed by atoms with Gasteiger partial charge >= 0.3 is 0 Å². The second-order valence-corrected chi connectivity index (χ2v) is 12.1. The molecule has 236 valence electrons. The van der Waals surface area contributed by atoms with Crippen molar-refractivity contribution >= 4 is 11.5 Å². The fourth-order valence-corrected chi connectivity index (χ4v) is 6.37. The topological polar surface area (TPSA) is 162 Å². The Morgan fingerprint density at radius 2 is 2.07 bits per heavy atom. The molecule has 0 radical (unpaired) electrons. The van der Waals surface area contributed by atoms with Crippen molar-refractivity contribution in [2.24, 2.45) is 10.7 Å². The van der Waals surface area contributed by atoms with Gasteiger partial charge in [0.25, 0.3) is 0 Å². The lowest BCUT2D eigenvalue weighted by Crippen LogP contribution is -3.07. The highest BCUT2D eigenvalue weighted by Crippen LogP contribution is 2.32. The van der Waals surface area contributed by atoms with Crippen LogP contribution in [-0.2, 0) is 30.7 Å². The first-order valence-corrected chi connectivity index (χ1v) is 15.6. The summed E-state index contributed by atoms with van der Waals surface area (Å²) in [5.41, 5.74) is 14.7. The monoisotopic (exact) mass is 605 g/mol. The molecule has 10 nitrogen and oxygen atoms in total. The lowest BCUT2D eigenvalue weighted by atomic mass is 9.86. The third kappa shape index (κ3) is 7.63. The Morgan fingerprint density at radius 1 is 1.23 bits per heavy atom. The first kappa shape index (κ1) is 32.0. The number of phenols is 1. The van der Waals surface area contributed by atoms with Crippen LogP contribution in [0.2, 0.25) is 0 Å². The van der Waals surface area contributed by atoms with E-state index in [2.05, 4.69) is 16.5 Å². The molecular formula is C34H45N4O6+. The van der Waals surface area contributed by atoms with E-state index in [0.717, 1.165) is 63.4 Å². The number of phenolic OH excluding ortho intramolecular Hbond substituents is 1. The van der Waals surface area contributed by atoms with Crippen molar-refractivity contribution < 1.29 is 34.9 Å². The molecule has 0 aromatic heterocycles. The number of fused-ring (bicyclic) bond motifs is 2. The van der Waals surface area contributed by atoms with Crippen molar-refractivity contribution in [2.45, 2.75) is 83.3 Å². The maximum Gasteiger partial charge on any atom is 0.227 e. The number of aliphatic hydroxyl groups excluding tert-OH is 3. The van der Waals surface area contributed by atoms with E-state index < -0.39 is 12.2 Å². The Labute approximate surface area is 258 Å². The Bertz CT molecular complexity index is 1450. The number of aromatic hydroxyl groups is 1. The van der Waals surface area contributed by atoms with E-state index >= 15 is 0 Å². The molecule has 3 aliphatic heterocycles. The molecule has 8 N–H and O–H groups in total. The number of rotatable bonds is 15. The van der Waals surface area contributed by atoms with Gasteiger partial charge in [0, 0.05) is 32.0 Å². The van der Waals surface area contributed by atoms with Crippen LogP contribution < -0.4 is 20.7 Å². The third-order valence-electron chi connectivity index (χ3n) is 8.71. The number of nitrogens with two attached hydrogens (primary N) is 1. The summed E-state index contributed by atoms with van der Waals surface area (Å²) >= 11 is 0. The number of Topliss-reactive ketones (excluding diaryl/α,β-unsaturated/α-hetero) is 1. The molecular weight excluding hydrogens is 560 g/mol. The number of nitrogens with one attached hydrogen (secondary N) is 2. The lowest BCUT2D eigenvalue weighted by molar-refractivity contribution is -0.851. The standard InChI is InChI=1S/C34H44N4O6/c1-2-3-24(40)14-26(42)15-25(41)7-4-21-5-9-32(43)33(12-21)44-20-38-17-30-23(16-37-31(30)18-38)13-29-22(19-39)6-8-28-27(29)10-11-36-34(28)35/h5-6,8-9,12,16-17,24,26,34,36,39-40,42-43H,2-4,7,10-11,13-15,18-20,35H2,1H3/p+1/t24-,26+,34+/m0/s1. The third-order valence-corrected chi connectivity index (χ3v) is 8.71. The number of aryl methyl sites for hydroxylation is 1. The molecule has 0 bridgehead atoms. The highest BCUT2D eigenvalue weighted by Gasteiger charge is 2.32. The van der Waals surface area contributed by atoms with Crippen LogP contribution in [0.4, 0.5) is 0 Å². The van der Waals surface area contributed by atoms with Gasteiger partial charge in [0.15, 0.2) is 11.5 Å². The molecule has 0 amide bonds. The van der Waals surface area contributed by atoms with E-state index in [1.54, 1.807) is 18.2 Å². The van der Waals surface area contributed by atoms with Crippen molar-refractivity contribution in [2.75, 3.05) is 19.8 Å².